The lowest BCUT2D eigenvalue weighted by atomic mass is 10.2. The minimum atomic E-state index is -0.367. The number of fused-ring (bicyclic) bond motifs is 1. The van der Waals surface area contributed by atoms with E-state index in [9.17, 15) is 10.1 Å². The Bertz CT molecular complexity index is 795. The van der Waals surface area contributed by atoms with E-state index >= 15 is 0 Å². The molecule has 0 unspecified atom stereocenters. The van der Waals surface area contributed by atoms with E-state index in [1.165, 1.54) is 6.07 Å². The highest BCUT2D eigenvalue weighted by Gasteiger charge is 2.07. The second-order valence-electron chi connectivity index (χ2n) is 4.57. The molecule has 0 amide bonds. The summed E-state index contributed by atoms with van der Waals surface area (Å²) in [5.41, 5.74) is 2.15. The maximum atomic E-state index is 10.8. The monoisotopic (exact) mass is 330 g/mol. The van der Waals surface area contributed by atoms with Gasteiger partial charge in [-0.25, -0.2) is 0 Å². The van der Waals surface area contributed by atoms with E-state index in [4.69, 9.17) is 0 Å². The zero-order valence-electron chi connectivity index (χ0n) is 10.5. The van der Waals surface area contributed by atoms with Crippen molar-refractivity contribution in [3.8, 4) is 0 Å². The third-order valence-electron chi connectivity index (χ3n) is 3.21. The Labute approximate surface area is 123 Å². The first kappa shape index (κ1) is 12.9. The van der Waals surface area contributed by atoms with Gasteiger partial charge in [-0.2, -0.15) is 0 Å². The van der Waals surface area contributed by atoms with Gasteiger partial charge in [0.1, 0.15) is 0 Å². The zero-order valence-corrected chi connectivity index (χ0v) is 12.1. The summed E-state index contributed by atoms with van der Waals surface area (Å²) in [5, 5.41) is 11.9. The van der Waals surface area contributed by atoms with Gasteiger partial charge >= 0.3 is 0 Å². The lowest BCUT2D eigenvalue weighted by Crippen LogP contribution is -1.98. The summed E-state index contributed by atoms with van der Waals surface area (Å²) in [6, 6.07) is 14.9. The van der Waals surface area contributed by atoms with Gasteiger partial charge in [0.25, 0.3) is 5.69 Å². The molecule has 100 valence electrons. The predicted molar refractivity (Wildman–Crippen MR) is 81.8 cm³/mol. The van der Waals surface area contributed by atoms with Crippen molar-refractivity contribution in [2.45, 2.75) is 6.54 Å². The van der Waals surface area contributed by atoms with Gasteiger partial charge in [-0.05, 0) is 29.8 Å². The Balaban J connectivity index is 1.97. The van der Waals surface area contributed by atoms with Crippen LogP contribution >= 0.6 is 15.9 Å². The molecule has 0 radical (unpaired) electrons. The molecule has 0 fully saturated rings. The van der Waals surface area contributed by atoms with E-state index in [1.807, 2.05) is 30.5 Å². The normalized spacial score (nSPS) is 10.8. The third kappa shape index (κ3) is 2.44. The summed E-state index contributed by atoms with van der Waals surface area (Å²) >= 11 is 3.45. The van der Waals surface area contributed by atoms with E-state index in [2.05, 4.69) is 26.6 Å². The third-order valence-corrected chi connectivity index (χ3v) is 3.70. The van der Waals surface area contributed by atoms with E-state index in [0.29, 0.717) is 6.54 Å². The molecular formula is C15H11BrN2O2. The quantitative estimate of drug-likeness (QED) is 0.529. The molecule has 0 aliphatic heterocycles. The van der Waals surface area contributed by atoms with E-state index in [1.54, 1.807) is 12.1 Å². The van der Waals surface area contributed by atoms with Crippen LogP contribution in [0, 0.1) is 10.1 Å². The fourth-order valence-corrected chi connectivity index (χ4v) is 2.65. The Hall–Kier alpha value is -2.14. The Kier molecular flexibility index (Phi) is 3.28. The first-order chi connectivity index (χ1) is 9.63. The molecule has 0 N–H and O–H groups in total. The average molecular weight is 331 g/mol. The first-order valence-electron chi connectivity index (χ1n) is 6.11. The minimum Gasteiger partial charge on any atom is -0.343 e. The van der Waals surface area contributed by atoms with Gasteiger partial charge in [-0.1, -0.05) is 28.1 Å². The number of nitro groups is 1. The molecular weight excluding hydrogens is 320 g/mol. The van der Waals surface area contributed by atoms with Gasteiger partial charge in [0.05, 0.1) is 4.92 Å². The molecule has 0 spiro atoms. The van der Waals surface area contributed by atoms with Crippen LogP contribution in [0.2, 0.25) is 0 Å². The molecule has 2 aromatic carbocycles. The molecule has 3 rings (SSSR count). The molecule has 1 aromatic heterocycles. The molecule has 5 heteroatoms. The van der Waals surface area contributed by atoms with Crippen molar-refractivity contribution in [3.05, 3.63) is 74.9 Å². The highest BCUT2D eigenvalue weighted by atomic mass is 79.9. The highest BCUT2D eigenvalue weighted by Crippen LogP contribution is 2.22. The lowest BCUT2D eigenvalue weighted by Gasteiger charge is -2.06. The number of rotatable bonds is 3. The molecule has 0 aliphatic rings. The van der Waals surface area contributed by atoms with E-state index < -0.39 is 0 Å². The largest absolute Gasteiger partial charge is 0.343 e. The van der Waals surface area contributed by atoms with Gasteiger partial charge in [0.2, 0.25) is 0 Å². The van der Waals surface area contributed by atoms with Crippen LogP contribution in [-0.4, -0.2) is 9.49 Å². The molecule has 0 atom stereocenters. The van der Waals surface area contributed by atoms with E-state index in [0.717, 1.165) is 20.9 Å². The van der Waals surface area contributed by atoms with Crippen molar-refractivity contribution >= 4 is 32.5 Å². The van der Waals surface area contributed by atoms with Crippen molar-refractivity contribution in [1.82, 2.24) is 4.57 Å². The van der Waals surface area contributed by atoms with Crippen LogP contribution in [0.4, 0.5) is 5.69 Å². The fraction of sp³-hybridized carbons (Fsp3) is 0.0667. The second kappa shape index (κ2) is 5.09. The molecule has 3 aromatic rings. The van der Waals surface area contributed by atoms with Crippen molar-refractivity contribution in [2.75, 3.05) is 0 Å². The number of hydrogen-bond acceptors (Lipinski definition) is 2. The van der Waals surface area contributed by atoms with Gasteiger partial charge in [-0.3, -0.25) is 10.1 Å². The van der Waals surface area contributed by atoms with Crippen LogP contribution in [0.1, 0.15) is 5.56 Å². The SMILES string of the molecule is O=[N+]([O-])c1cccc(Cn2ccc3cc(Br)ccc32)c1. The number of hydrogen-bond donors (Lipinski definition) is 0. The molecule has 0 aliphatic carbocycles. The molecule has 4 nitrogen and oxygen atoms in total. The highest BCUT2D eigenvalue weighted by molar-refractivity contribution is 9.10. The summed E-state index contributed by atoms with van der Waals surface area (Å²) < 4.78 is 3.12. The maximum Gasteiger partial charge on any atom is 0.269 e. The Morgan fingerprint density at radius 2 is 2.00 bits per heavy atom. The maximum absolute atomic E-state index is 10.8. The molecule has 0 bridgehead atoms. The van der Waals surface area contributed by atoms with Crippen LogP contribution in [0.3, 0.4) is 0 Å². The number of aromatic nitrogens is 1. The average Bonchev–Trinajstić information content (AvgIpc) is 2.81. The van der Waals surface area contributed by atoms with Crippen LogP contribution in [0.5, 0.6) is 0 Å². The molecule has 0 saturated carbocycles. The van der Waals surface area contributed by atoms with Crippen LogP contribution in [-0.2, 0) is 6.54 Å². The molecule has 1 heterocycles. The summed E-state index contributed by atoms with van der Waals surface area (Å²) in [6.07, 6.45) is 2.00. The number of non-ortho nitro benzene ring substituents is 1. The van der Waals surface area contributed by atoms with Crippen molar-refractivity contribution in [3.63, 3.8) is 0 Å². The van der Waals surface area contributed by atoms with Gasteiger partial charge < -0.3 is 4.57 Å². The second-order valence-corrected chi connectivity index (χ2v) is 5.49. The van der Waals surface area contributed by atoms with Crippen LogP contribution < -0.4 is 0 Å². The predicted octanol–water partition coefficient (Wildman–Crippen LogP) is 4.36. The summed E-state index contributed by atoms with van der Waals surface area (Å²) in [4.78, 5) is 10.4. The molecule has 20 heavy (non-hydrogen) atoms. The Morgan fingerprint density at radius 3 is 2.80 bits per heavy atom. The number of nitrogens with zero attached hydrogens (tertiary/aromatic N) is 2. The smallest absolute Gasteiger partial charge is 0.269 e. The van der Waals surface area contributed by atoms with Crippen molar-refractivity contribution in [1.29, 1.82) is 0 Å². The summed E-state index contributed by atoms with van der Waals surface area (Å²) in [6.45, 7) is 0.618. The number of benzene rings is 2. The summed E-state index contributed by atoms with van der Waals surface area (Å²) in [7, 11) is 0. The topological polar surface area (TPSA) is 48.1 Å². The lowest BCUT2D eigenvalue weighted by molar-refractivity contribution is -0.384. The fourth-order valence-electron chi connectivity index (χ4n) is 2.27. The number of halogens is 1. The van der Waals surface area contributed by atoms with Gasteiger partial charge in [0.15, 0.2) is 0 Å². The van der Waals surface area contributed by atoms with Crippen molar-refractivity contribution < 1.29 is 4.92 Å². The van der Waals surface area contributed by atoms with Crippen LogP contribution in [0.15, 0.2) is 59.2 Å². The van der Waals surface area contributed by atoms with Gasteiger partial charge in [0, 0.05) is 40.2 Å². The number of nitro benzene ring substituents is 1. The van der Waals surface area contributed by atoms with Crippen LogP contribution in [0.25, 0.3) is 10.9 Å². The first-order valence-corrected chi connectivity index (χ1v) is 6.90. The zero-order chi connectivity index (χ0) is 14.1. The molecule has 0 saturated heterocycles. The van der Waals surface area contributed by atoms with Crippen molar-refractivity contribution in [2.24, 2.45) is 0 Å². The summed E-state index contributed by atoms with van der Waals surface area (Å²) in [5.74, 6) is 0. The van der Waals surface area contributed by atoms with Gasteiger partial charge in [-0.15, -0.1) is 0 Å². The Morgan fingerprint density at radius 1 is 1.15 bits per heavy atom. The minimum absolute atomic E-state index is 0.127. The standard InChI is InChI=1S/C15H11BrN2O2/c16-13-4-5-15-12(9-13)6-7-17(15)10-11-2-1-3-14(8-11)18(19)20/h1-9H,10H2. The van der Waals surface area contributed by atoms with E-state index in [-0.39, 0.29) is 10.6 Å².